The minimum absolute atomic E-state index is 0.0717. The molecule has 2 aromatic rings. The van der Waals surface area contributed by atoms with Gasteiger partial charge in [-0.05, 0) is 97.5 Å². The molecule has 0 N–H and O–H groups in total. The Bertz CT molecular complexity index is 1150. The highest BCUT2D eigenvalue weighted by Gasteiger charge is 2.31. The Kier molecular flexibility index (Phi) is 10.0. The molecule has 0 fully saturated rings. The van der Waals surface area contributed by atoms with E-state index in [1.807, 2.05) is 32.0 Å². The van der Waals surface area contributed by atoms with E-state index < -0.39 is 6.36 Å². The summed E-state index contributed by atoms with van der Waals surface area (Å²) in [7, 11) is 0. The van der Waals surface area contributed by atoms with Crippen LogP contribution >= 0.6 is 0 Å². The molecule has 1 unspecified atom stereocenters. The molecule has 0 saturated carbocycles. The third-order valence-electron chi connectivity index (χ3n) is 6.37. The number of carbonyl (C=O) groups is 1. The fraction of sp³-hybridized carbons (Fsp3) is 0.448. The number of unbranched alkanes of at least 4 members (excludes halogenated alkanes) is 2. The van der Waals surface area contributed by atoms with Crippen LogP contribution in [0.1, 0.15) is 69.1 Å². The van der Waals surface area contributed by atoms with Crippen LogP contribution in [0.5, 0.6) is 11.5 Å². The van der Waals surface area contributed by atoms with Crippen LogP contribution in [-0.4, -0.2) is 25.5 Å². The minimum Gasteiger partial charge on any atom is -0.494 e. The van der Waals surface area contributed by atoms with E-state index in [-0.39, 0.29) is 17.6 Å². The van der Waals surface area contributed by atoms with Gasteiger partial charge in [0.05, 0.1) is 24.7 Å². The van der Waals surface area contributed by atoms with Crippen LogP contribution in [0.15, 0.2) is 42.5 Å². The normalized spacial score (nSPS) is 14.3. The largest absolute Gasteiger partial charge is 0.573 e. The van der Waals surface area contributed by atoms with Crippen LogP contribution in [-0.2, 0) is 16.0 Å². The molecule has 0 saturated heterocycles. The average molecular weight is 516 g/mol. The average Bonchev–Trinajstić information content (AvgIpc) is 3.05. The van der Waals surface area contributed by atoms with E-state index in [1.54, 1.807) is 6.07 Å². The molecule has 0 bridgehead atoms. The molecule has 8 heteroatoms. The number of halogens is 3. The number of rotatable bonds is 11. The number of benzene rings is 2. The first-order valence-electron chi connectivity index (χ1n) is 12.6. The molecule has 5 nitrogen and oxygen atoms in total. The van der Waals surface area contributed by atoms with Gasteiger partial charge in [-0.25, -0.2) is 0 Å². The molecule has 0 amide bonds. The summed E-state index contributed by atoms with van der Waals surface area (Å²) in [5, 5.41) is 9.96. The van der Waals surface area contributed by atoms with Crippen molar-refractivity contribution in [3.8, 4) is 17.6 Å². The van der Waals surface area contributed by atoms with Crippen molar-refractivity contribution in [1.82, 2.24) is 0 Å². The Morgan fingerprint density at radius 1 is 1.05 bits per heavy atom. The maximum Gasteiger partial charge on any atom is 0.573 e. The molecule has 0 aliphatic heterocycles. The zero-order valence-corrected chi connectivity index (χ0v) is 21.2. The Labute approximate surface area is 215 Å². The fourth-order valence-corrected chi connectivity index (χ4v) is 4.20. The highest BCUT2D eigenvalue weighted by Crippen LogP contribution is 2.38. The van der Waals surface area contributed by atoms with Gasteiger partial charge in [0.1, 0.15) is 17.6 Å². The van der Waals surface area contributed by atoms with Crippen LogP contribution in [0.2, 0.25) is 0 Å². The van der Waals surface area contributed by atoms with Gasteiger partial charge in [0.15, 0.2) is 0 Å². The number of nitrogens with zero attached hydrogens (tertiary/aromatic N) is 1. The van der Waals surface area contributed by atoms with Crippen LogP contribution in [0.4, 0.5) is 13.2 Å². The van der Waals surface area contributed by atoms with Gasteiger partial charge in [0.25, 0.3) is 0 Å². The molecule has 37 heavy (non-hydrogen) atoms. The molecule has 1 atom stereocenters. The second kappa shape index (κ2) is 13.2. The van der Waals surface area contributed by atoms with Gasteiger partial charge >= 0.3 is 12.3 Å². The second-order valence-corrected chi connectivity index (χ2v) is 9.10. The zero-order chi connectivity index (χ0) is 26.8. The molecule has 0 spiro atoms. The summed E-state index contributed by atoms with van der Waals surface area (Å²) < 4.78 is 53.3. The van der Waals surface area contributed by atoms with Gasteiger partial charge in [-0.2, -0.15) is 5.26 Å². The molecule has 0 radical (unpaired) electrons. The molecule has 198 valence electrons. The molecule has 1 aliphatic carbocycles. The first-order chi connectivity index (χ1) is 17.7. The zero-order valence-electron chi connectivity index (χ0n) is 21.2. The molecule has 0 aromatic heterocycles. The monoisotopic (exact) mass is 515 g/mol. The topological polar surface area (TPSA) is 68.6 Å². The maximum absolute atomic E-state index is 12.7. The Balaban J connectivity index is 1.62. The van der Waals surface area contributed by atoms with Crippen molar-refractivity contribution in [2.45, 2.75) is 65.2 Å². The Hall–Kier alpha value is -3.47. The van der Waals surface area contributed by atoms with Gasteiger partial charge < -0.3 is 14.2 Å². The van der Waals surface area contributed by atoms with Crippen molar-refractivity contribution in [1.29, 1.82) is 5.26 Å². The quantitative estimate of drug-likeness (QED) is 0.229. The number of alkyl halides is 3. The number of hydrogen-bond donors (Lipinski definition) is 0. The van der Waals surface area contributed by atoms with E-state index in [9.17, 15) is 23.2 Å². The summed E-state index contributed by atoms with van der Waals surface area (Å²) in [6, 6.07) is 13.6. The number of hydrogen-bond acceptors (Lipinski definition) is 5. The van der Waals surface area contributed by atoms with Gasteiger partial charge in [-0.3, -0.25) is 4.79 Å². The van der Waals surface area contributed by atoms with E-state index in [0.717, 1.165) is 49.7 Å². The standard InChI is InChI=1S/C29H32F3NO4/c1-3-20(2)28(34)36-16-6-4-5-15-35-23-13-14-26-21(17-23)10-8-12-25(27(26)19-33)22-9-7-11-24(18-22)37-29(30,31)32/h7,9,11,13-14,17-18,20H,3-6,8,10,12,15-16H2,1-2H3. The second-order valence-electron chi connectivity index (χ2n) is 9.10. The lowest BCUT2D eigenvalue weighted by molar-refractivity contribution is -0.274. The summed E-state index contributed by atoms with van der Waals surface area (Å²) in [6.45, 7) is 4.76. The lowest BCUT2D eigenvalue weighted by atomic mass is 9.93. The SMILES string of the molecule is CCC(C)C(=O)OCCCCCOc1ccc2c(c1)CCCC(c1cccc(OC(F)(F)F)c1)=C2C#N. The molecule has 1 aliphatic rings. The summed E-state index contributed by atoms with van der Waals surface area (Å²) in [5.41, 5.74) is 3.45. The number of aryl methyl sites for hydroxylation is 1. The molecule has 2 aromatic carbocycles. The van der Waals surface area contributed by atoms with E-state index in [0.29, 0.717) is 42.1 Å². The maximum atomic E-state index is 12.7. The van der Waals surface area contributed by atoms with E-state index in [4.69, 9.17) is 9.47 Å². The number of fused-ring (bicyclic) bond motifs is 1. The number of nitriles is 1. The molecular weight excluding hydrogens is 483 g/mol. The predicted octanol–water partition coefficient (Wildman–Crippen LogP) is 7.49. The molecule has 0 heterocycles. The van der Waals surface area contributed by atoms with Gasteiger partial charge in [0, 0.05) is 0 Å². The van der Waals surface area contributed by atoms with Gasteiger partial charge in [-0.15, -0.1) is 13.2 Å². The first-order valence-corrected chi connectivity index (χ1v) is 12.6. The summed E-state index contributed by atoms with van der Waals surface area (Å²) >= 11 is 0. The Morgan fingerprint density at radius 2 is 1.84 bits per heavy atom. The van der Waals surface area contributed by atoms with Crippen molar-refractivity contribution in [3.05, 3.63) is 59.2 Å². The Morgan fingerprint density at radius 3 is 2.57 bits per heavy atom. The van der Waals surface area contributed by atoms with Crippen molar-refractivity contribution >= 4 is 17.1 Å². The minimum atomic E-state index is -4.78. The highest BCUT2D eigenvalue weighted by molar-refractivity contribution is 5.98. The molecule has 3 rings (SSSR count). The van der Waals surface area contributed by atoms with E-state index in [2.05, 4.69) is 10.8 Å². The van der Waals surface area contributed by atoms with Crippen molar-refractivity contribution in [2.24, 2.45) is 5.92 Å². The highest BCUT2D eigenvalue weighted by atomic mass is 19.4. The third-order valence-corrected chi connectivity index (χ3v) is 6.37. The summed E-state index contributed by atoms with van der Waals surface area (Å²) in [6.07, 6.45) is 0.498. The lowest BCUT2D eigenvalue weighted by Gasteiger charge is -2.13. The van der Waals surface area contributed by atoms with Gasteiger partial charge in [0.2, 0.25) is 0 Å². The van der Waals surface area contributed by atoms with Crippen molar-refractivity contribution in [2.75, 3.05) is 13.2 Å². The fourth-order valence-electron chi connectivity index (χ4n) is 4.20. The van der Waals surface area contributed by atoms with Gasteiger partial charge in [-0.1, -0.05) is 26.0 Å². The van der Waals surface area contributed by atoms with Crippen LogP contribution in [0.25, 0.3) is 11.1 Å². The van der Waals surface area contributed by atoms with E-state index in [1.165, 1.54) is 18.2 Å². The number of allylic oxidation sites excluding steroid dienone is 2. The van der Waals surface area contributed by atoms with Crippen molar-refractivity contribution < 1.29 is 32.2 Å². The van der Waals surface area contributed by atoms with Crippen LogP contribution in [0, 0.1) is 17.2 Å². The number of carbonyl (C=O) groups excluding carboxylic acids is 1. The number of esters is 1. The van der Waals surface area contributed by atoms with E-state index >= 15 is 0 Å². The summed E-state index contributed by atoms with van der Waals surface area (Å²) in [5.74, 6) is 0.178. The third kappa shape index (κ3) is 8.28. The predicted molar refractivity (Wildman–Crippen MR) is 135 cm³/mol. The smallest absolute Gasteiger partial charge is 0.494 e. The van der Waals surface area contributed by atoms with Crippen LogP contribution < -0.4 is 9.47 Å². The summed E-state index contributed by atoms with van der Waals surface area (Å²) in [4.78, 5) is 11.7. The lowest BCUT2D eigenvalue weighted by Crippen LogP contribution is -2.17. The first kappa shape index (κ1) is 28.1. The molecular formula is C29H32F3NO4. The van der Waals surface area contributed by atoms with Crippen molar-refractivity contribution in [3.63, 3.8) is 0 Å². The number of ether oxygens (including phenoxy) is 3. The van der Waals surface area contributed by atoms with Crippen LogP contribution in [0.3, 0.4) is 0 Å².